The highest BCUT2D eigenvalue weighted by Crippen LogP contribution is 2.23. The molecule has 0 saturated heterocycles. The van der Waals surface area contributed by atoms with Crippen LogP contribution in [0.2, 0.25) is 0 Å². The highest BCUT2D eigenvalue weighted by Gasteiger charge is 2.20. The van der Waals surface area contributed by atoms with Crippen LogP contribution in [0.25, 0.3) is 0 Å². The SMILES string of the molecule is C=CN(COCOC(C)(C)C)COCC1C=C(C)C(F)=CC1N. The largest absolute Gasteiger partial charge is 0.360 e. The Morgan fingerprint density at radius 2 is 1.96 bits per heavy atom. The van der Waals surface area contributed by atoms with Crippen molar-refractivity contribution in [2.24, 2.45) is 11.7 Å². The van der Waals surface area contributed by atoms with Crippen molar-refractivity contribution >= 4 is 0 Å². The average Bonchev–Trinajstić information content (AvgIpc) is 2.45. The summed E-state index contributed by atoms with van der Waals surface area (Å²) in [6.07, 6.45) is 4.88. The molecule has 0 saturated carbocycles. The van der Waals surface area contributed by atoms with Crippen molar-refractivity contribution in [3.8, 4) is 0 Å². The molecule has 2 atom stereocenters. The monoisotopic (exact) mass is 328 g/mol. The summed E-state index contributed by atoms with van der Waals surface area (Å²) < 4.78 is 29.9. The van der Waals surface area contributed by atoms with Gasteiger partial charge in [0, 0.05) is 12.0 Å². The quantitative estimate of drug-likeness (QED) is 0.521. The first-order chi connectivity index (χ1) is 10.7. The summed E-state index contributed by atoms with van der Waals surface area (Å²) in [4.78, 5) is 1.77. The van der Waals surface area contributed by atoms with Crippen LogP contribution < -0.4 is 5.73 Å². The molecule has 1 aliphatic carbocycles. The number of ether oxygens (including phenoxy) is 3. The van der Waals surface area contributed by atoms with Crippen LogP contribution in [0.3, 0.4) is 0 Å². The van der Waals surface area contributed by atoms with Crippen molar-refractivity contribution in [1.29, 1.82) is 0 Å². The molecule has 0 bridgehead atoms. The Balaban J connectivity index is 2.26. The summed E-state index contributed by atoms with van der Waals surface area (Å²) in [5.41, 5.74) is 6.27. The van der Waals surface area contributed by atoms with Crippen molar-refractivity contribution in [2.75, 3.05) is 26.9 Å². The van der Waals surface area contributed by atoms with E-state index in [2.05, 4.69) is 6.58 Å². The molecular formula is C17H29FN2O3. The Morgan fingerprint density at radius 3 is 2.57 bits per heavy atom. The standard InChI is InChI=1S/C17H29FN2O3/c1-6-20(11-22-12-23-17(3,4)5)10-21-9-14-7-13(2)15(18)8-16(14)19/h6-8,14,16H,1,9-12,19H2,2-5H3. The molecular weight excluding hydrogens is 299 g/mol. The number of hydrogen-bond acceptors (Lipinski definition) is 5. The number of hydrogen-bond donors (Lipinski definition) is 1. The zero-order valence-corrected chi connectivity index (χ0v) is 14.5. The minimum atomic E-state index is -0.368. The van der Waals surface area contributed by atoms with Crippen LogP contribution in [0, 0.1) is 5.92 Å². The molecule has 0 spiro atoms. The van der Waals surface area contributed by atoms with Gasteiger partial charge in [0.15, 0.2) is 0 Å². The van der Waals surface area contributed by atoms with Crippen LogP contribution in [-0.2, 0) is 14.2 Å². The molecule has 23 heavy (non-hydrogen) atoms. The van der Waals surface area contributed by atoms with Crippen LogP contribution in [0.15, 0.2) is 36.3 Å². The number of halogens is 1. The lowest BCUT2D eigenvalue weighted by atomic mass is 9.92. The smallest absolute Gasteiger partial charge is 0.149 e. The third-order valence-corrected chi connectivity index (χ3v) is 3.33. The molecule has 1 aliphatic rings. The topological polar surface area (TPSA) is 57.0 Å². The molecule has 1 rings (SSSR count). The Morgan fingerprint density at radius 1 is 1.30 bits per heavy atom. The van der Waals surface area contributed by atoms with Gasteiger partial charge in [0.25, 0.3) is 0 Å². The van der Waals surface area contributed by atoms with E-state index in [0.717, 1.165) is 0 Å². The van der Waals surface area contributed by atoms with E-state index in [1.807, 2.05) is 26.8 Å². The van der Waals surface area contributed by atoms with Crippen LogP contribution in [0.4, 0.5) is 4.39 Å². The zero-order valence-electron chi connectivity index (χ0n) is 14.5. The minimum Gasteiger partial charge on any atom is -0.360 e. The maximum Gasteiger partial charge on any atom is 0.149 e. The summed E-state index contributed by atoms with van der Waals surface area (Å²) in [5.74, 6) is -0.292. The first-order valence-corrected chi connectivity index (χ1v) is 7.70. The number of rotatable bonds is 9. The van der Waals surface area contributed by atoms with Crippen LogP contribution in [0.1, 0.15) is 27.7 Å². The van der Waals surface area contributed by atoms with E-state index >= 15 is 0 Å². The molecule has 6 heteroatoms. The molecule has 0 aromatic heterocycles. The van der Waals surface area contributed by atoms with Crippen LogP contribution in [-0.4, -0.2) is 43.4 Å². The van der Waals surface area contributed by atoms with Gasteiger partial charge in [-0.2, -0.15) is 0 Å². The molecule has 0 amide bonds. The summed E-state index contributed by atoms with van der Waals surface area (Å²) in [6.45, 7) is 12.6. The fourth-order valence-corrected chi connectivity index (χ4v) is 1.92. The van der Waals surface area contributed by atoms with Crippen molar-refractivity contribution in [1.82, 2.24) is 4.90 Å². The van der Waals surface area contributed by atoms with E-state index in [9.17, 15) is 4.39 Å². The summed E-state index contributed by atoms with van der Waals surface area (Å²) in [6, 6.07) is -0.368. The maximum absolute atomic E-state index is 13.4. The minimum absolute atomic E-state index is 0.0358. The molecule has 0 radical (unpaired) electrons. The van der Waals surface area contributed by atoms with Crippen molar-refractivity contribution < 1.29 is 18.6 Å². The lowest BCUT2D eigenvalue weighted by molar-refractivity contribution is -0.144. The molecule has 0 heterocycles. The molecule has 2 N–H and O–H groups in total. The van der Waals surface area contributed by atoms with Crippen LogP contribution >= 0.6 is 0 Å². The molecule has 132 valence electrons. The fourth-order valence-electron chi connectivity index (χ4n) is 1.92. The molecule has 0 aliphatic heterocycles. The number of allylic oxidation sites excluding steroid dienone is 2. The lowest BCUT2D eigenvalue weighted by Crippen LogP contribution is -2.34. The predicted octanol–water partition coefficient (Wildman–Crippen LogP) is 2.91. The third kappa shape index (κ3) is 7.74. The van der Waals surface area contributed by atoms with Gasteiger partial charge >= 0.3 is 0 Å². The van der Waals surface area contributed by atoms with Crippen molar-refractivity contribution in [2.45, 2.75) is 39.3 Å². The predicted molar refractivity (Wildman–Crippen MR) is 88.9 cm³/mol. The second-order valence-electron chi connectivity index (χ2n) is 6.58. The molecule has 2 unspecified atom stereocenters. The average molecular weight is 328 g/mol. The van der Waals surface area contributed by atoms with Crippen molar-refractivity contribution in [3.63, 3.8) is 0 Å². The lowest BCUT2D eigenvalue weighted by Gasteiger charge is -2.26. The number of nitrogens with two attached hydrogens (primary N) is 1. The van der Waals surface area contributed by atoms with E-state index < -0.39 is 0 Å². The van der Waals surface area contributed by atoms with E-state index in [1.165, 1.54) is 6.08 Å². The van der Waals surface area contributed by atoms with Gasteiger partial charge in [-0.25, -0.2) is 4.39 Å². The van der Waals surface area contributed by atoms with Crippen molar-refractivity contribution in [3.05, 3.63) is 36.3 Å². The first kappa shape index (κ1) is 19.8. The van der Waals surface area contributed by atoms with E-state index in [-0.39, 0.29) is 30.2 Å². The Labute approximate surface area is 138 Å². The van der Waals surface area contributed by atoms with Gasteiger partial charge in [-0.3, -0.25) is 0 Å². The maximum atomic E-state index is 13.4. The fraction of sp³-hybridized carbons (Fsp3) is 0.647. The molecule has 0 aromatic rings. The summed E-state index contributed by atoms with van der Waals surface area (Å²) in [7, 11) is 0. The second kappa shape index (κ2) is 9.17. The highest BCUT2D eigenvalue weighted by atomic mass is 19.1. The van der Waals surface area contributed by atoms with E-state index in [1.54, 1.807) is 18.0 Å². The Hall–Kier alpha value is -1.21. The molecule has 0 fully saturated rings. The van der Waals surface area contributed by atoms with Gasteiger partial charge in [0.2, 0.25) is 0 Å². The van der Waals surface area contributed by atoms with Gasteiger partial charge in [-0.1, -0.05) is 12.7 Å². The zero-order chi connectivity index (χ0) is 17.5. The number of nitrogens with zero attached hydrogens (tertiary/aromatic N) is 1. The van der Waals surface area contributed by atoms with Gasteiger partial charge in [0.1, 0.15) is 26.1 Å². The van der Waals surface area contributed by atoms with E-state index in [4.69, 9.17) is 19.9 Å². The Kier molecular flexibility index (Phi) is 7.91. The molecule has 0 aromatic carbocycles. The van der Waals surface area contributed by atoms with Gasteiger partial charge in [-0.05, 0) is 45.5 Å². The van der Waals surface area contributed by atoms with E-state index in [0.29, 0.717) is 25.6 Å². The van der Waals surface area contributed by atoms with Crippen LogP contribution in [0.5, 0.6) is 0 Å². The van der Waals surface area contributed by atoms with Gasteiger partial charge < -0.3 is 24.8 Å². The van der Waals surface area contributed by atoms with Gasteiger partial charge in [-0.15, -0.1) is 0 Å². The first-order valence-electron chi connectivity index (χ1n) is 7.70. The second-order valence-corrected chi connectivity index (χ2v) is 6.58. The summed E-state index contributed by atoms with van der Waals surface area (Å²) >= 11 is 0. The Bertz CT molecular complexity index is 444. The summed E-state index contributed by atoms with van der Waals surface area (Å²) in [5, 5.41) is 0. The van der Waals surface area contributed by atoms with Gasteiger partial charge in [0.05, 0.1) is 12.2 Å². The third-order valence-electron chi connectivity index (χ3n) is 3.33. The normalized spacial score (nSPS) is 21.7. The highest BCUT2D eigenvalue weighted by molar-refractivity contribution is 5.30. The molecule has 5 nitrogen and oxygen atoms in total.